The predicted molar refractivity (Wildman–Crippen MR) is 96.5 cm³/mol. The highest BCUT2D eigenvalue weighted by atomic mass is 32.1. The lowest BCUT2D eigenvalue weighted by Crippen LogP contribution is -2.57. The topological polar surface area (TPSA) is 61.4 Å². The van der Waals surface area contributed by atoms with E-state index in [9.17, 15) is 9.59 Å². The number of nitrogens with zero attached hydrogens (tertiary/aromatic N) is 1. The van der Waals surface area contributed by atoms with Crippen molar-refractivity contribution in [2.24, 2.45) is 5.92 Å². The molecular formula is C18H21N3O2S. The number of thiophene rings is 1. The van der Waals surface area contributed by atoms with Gasteiger partial charge in [-0.1, -0.05) is 6.07 Å². The van der Waals surface area contributed by atoms with Gasteiger partial charge in [0.2, 0.25) is 5.91 Å². The molecule has 1 aromatic carbocycles. The van der Waals surface area contributed by atoms with E-state index in [1.807, 2.05) is 24.3 Å². The molecule has 4 heterocycles. The molecule has 0 saturated carbocycles. The second kappa shape index (κ2) is 6.18. The first-order valence-electron chi connectivity index (χ1n) is 8.43. The Balaban J connectivity index is 1.50. The van der Waals surface area contributed by atoms with Gasteiger partial charge in [0.05, 0.1) is 4.88 Å². The molecule has 0 radical (unpaired) electrons. The second-order valence-corrected chi connectivity index (χ2v) is 7.85. The number of anilines is 1. The van der Waals surface area contributed by atoms with Crippen LogP contribution in [0.2, 0.25) is 0 Å². The smallest absolute Gasteiger partial charge is 0.261 e. The van der Waals surface area contributed by atoms with E-state index in [2.05, 4.69) is 15.5 Å². The van der Waals surface area contributed by atoms with E-state index in [0.717, 1.165) is 27.2 Å². The molecule has 3 aliphatic heterocycles. The highest BCUT2D eigenvalue weighted by molar-refractivity contribution is 7.20. The standard InChI is InChI=1S/C18H21N3O2S/c1-11(22)19-14-3-2-13-8-17(24-16(13)9-14)18(23)20-15-10-21-6-4-12(15)5-7-21/h2-3,8-9,12,15H,4-7,10H2,1H3,(H,19,22)(H,20,23). The third-order valence-electron chi connectivity index (χ3n) is 5.04. The van der Waals surface area contributed by atoms with Crippen LogP contribution in [-0.2, 0) is 4.79 Å². The van der Waals surface area contributed by atoms with Gasteiger partial charge in [0.1, 0.15) is 0 Å². The van der Waals surface area contributed by atoms with Crippen LogP contribution in [0.3, 0.4) is 0 Å². The maximum Gasteiger partial charge on any atom is 0.261 e. The van der Waals surface area contributed by atoms with Gasteiger partial charge in [0, 0.05) is 29.9 Å². The number of rotatable bonds is 3. The predicted octanol–water partition coefficient (Wildman–Crippen LogP) is 2.68. The third-order valence-corrected chi connectivity index (χ3v) is 6.13. The van der Waals surface area contributed by atoms with E-state index >= 15 is 0 Å². The molecule has 3 saturated heterocycles. The summed E-state index contributed by atoms with van der Waals surface area (Å²) in [7, 11) is 0. The molecule has 1 unspecified atom stereocenters. The van der Waals surface area contributed by atoms with Crippen LogP contribution in [0.15, 0.2) is 24.3 Å². The van der Waals surface area contributed by atoms with Gasteiger partial charge in [0.15, 0.2) is 0 Å². The number of carbonyl (C=O) groups is 2. The summed E-state index contributed by atoms with van der Waals surface area (Å²) in [6.45, 7) is 4.82. The minimum Gasteiger partial charge on any atom is -0.347 e. The molecular weight excluding hydrogens is 322 g/mol. The average Bonchev–Trinajstić information content (AvgIpc) is 2.99. The number of hydrogen-bond acceptors (Lipinski definition) is 4. The maximum atomic E-state index is 12.6. The summed E-state index contributed by atoms with van der Waals surface area (Å²) in [5.41, 5.74) is 0.765. The molecule has 5 nitrogen and oxygen atoms in total. The number of piperidine rings is 3. The molecule has 2 aromatic rings. The highest BCUT2D eigenvalue weighted by Crippen LogP contribution is 2.30. The van der Waals surface area contributed by atoms with Gasteiger partial charge in [-0.05, 0) is 55.4 Å². The normalized spacial score (nSPS) is 25.6. The Bertz CT molecular complexity index is 793. The molecule has 5 rings (SSSR count). The van der Waals surface area contributed by atoms with Crippen LogP contribution in [0, 0.1) is 5.92 Å². The first kappa shape index (κ1) is 15.6. The van der Waals surface area contributed by atoms with Crippen LogP contribution in [-0.4, -0.2) is 42.4 Å². The third kappa shape index (κ3) is 3.03. The van der Waals surface area contributed by atoms with Gasteiger partial charge in [-0.15, -0.1) is 11.3 Å². The van der Waals surface area contributed by atoms with Gasteiger partial charge in [-0.3, -0.25) is 9.59 Å². The van der Waals surface area contributed by atoms with Crippen molar-refractivity contribution in [1.29, 1.82) is 0 Å². The Morgan fingerprint density at radius 2 is 2.00 bits per heavy atom. The Kier molecular flexibility index (Phi) is 4.02. The molecule has 2 amide bonds. The summed E-state index contributed by atoms with van der Waals surface area (Å²) in [5, 5.41) is 7.05. The zero-order chi connectivity index (χ0) is 16.7. The zero-order valence-electron chi connectivity index (χ0n) is 13.7. The first-order valence-corrected chi connectivity index (χ1v) is 9.24. The van der Waals surface area contributed by atoms with Crippen molar-refractivity contribution in [1.82, 2.24) is 10.2 Å². The van der Waals surface area contributed by atoms with Crippen molar-refractivity contribution in [2.45, 2.75) is 25.8 Å². The van der Waals surface area contributed by atoms with E-state index in [-0.39, 0.29) is 17.9 Å². The van der Waals surface area contributed by atoms with Crippen LogP contribution in [0.25, 0.3) is 10.1 Å². The summed E-state index contributed by atoms with van der Waals surface area (Å²) in [4.78, 5) is 27.0. The van der Waals surface area contributed by atoms with E-state index in [4.69, 9.17) is 0 Å². The van der Waals surface area contributed by atoms with Crippen LogP contribution < -0.4 is 10.6 Å². The number of nitrogens with one attached hydrogen (secondary N) is 2. The Morgan fingerprint density at radius 3 is 2.67 bits per heavy atom. The fourth-order valence-electron chi connectivity index (χ4n) is 3.79. The molecule has 126 valence electrons. The summed E-state index contributed by atoms with van der Waals surface area (Å²) in [6, 6.07) is 7.95. The van der Waals surface area contributed by atoms with Crippen molar-refractivity contribution in [2.75, 3.05) is 25.0 Å². The zero-order valence-corrected chi connectivity index (χ0v) is 14.5. The summed E-state index contributed by atoms with van der Waals surface area (Å²) in [6.07, 6.45) is 2.38. The molecule has 2 bridgehead atoms. The number of carbonyl (C=O) groups excluding carboxylic acids is 2. The van der Waals surface area contributed by atoms with Gasteiger partial charge in [0.25, 0.3) is 5.91 Å². The molecule has 1 atom stereocenters. The Morgan fingerprint density at radius 1 is 1.21 bits per heavy atom. The van der Waals surface area contributed by atoms with Crippen molar-refractivity contribution in [3.63, 3.8) is 0 Å². The fraction of sp³-hybridized carbons (Fsp3) is 0.444. The fourth-order valence-corrected chi connectivity index (χ4v) is 4.80. The minimum atomic E-state index is -0.0915. The Labute approximate surface area is 145 Å². The molecule has 3 fully saturated rings. The minimum absolute atomic E-state index is 0.0241. The molecule has 0 spiro atoms. The summed E-state index contributed by atoms with van der Waals surface area (Å²) in [5.74, 6) is 0.557. The van der Waals surface area contributed by atoms with Crippen molar-refractivity contribution in [3.05, 3.63) is 29.1 Å². The molecule has 0 aliphatic carbocycles. The Hall–Kier alpha value is -1.92. The van der Waals surface area contributed by atoms with Crippen LogP contribution >= 0.6 is 11.3 Å². The highest BCUT2D eigenvalue weighted by Gasteiger charge is 2.35. The second-order valence-electron chi connectivity index (χ2n) is 6.76. The number of fused-ring (bicyclic) bond motifs is 4. The van der Waals surface area contributed by atoms with Gasteiger partial charge in [-0.2, -0.15) is 0 Å². The van der Waals surface area contributed by atoms with Crippen molar-refractivity contribution >= 4 is 38.9 Å². The van der Waals surface area contributed by atoms with E-state index < -0.39 is 0 Å². The lowest BCUT2D eigenvalue weighted by molar-refractivity contribution is -0.114. The van der Waals surface area contributed by atoms with E-state index in [0.29, 0.717) is 5.92 Å². The van der Waals surface area contributed by atoms with Crippen molar-refractivity contribution in [3.8, 4) is 0 Å². The summed E-state index contributed by atoms with van der Waals surface area (Å²) < 4.78 is 1.01. The lowest BCUT2D eigenvalue weighted by atomic mass is 9.84. The SMILES string of the molecule is CC(=O)Nc1ccc2cc(C(=O)NC3CN4CCC3CC4)sc2c1. The quantitative estimate of drug-likeness (QED) is 0.901. The van der Waals surface area contributed by atoms with Crippen LogP contribution in [0.1, 0.15) is 29.4 Å². The number of amides is 2. The van der Waals surface area contributed by atoms with E-state index in [1.165, 1.54) is 44.2 Å². The summed E-state index contributed by atoms with van der Waals surface area (Å²) >= 11 is 1.48. The van der Waals surface area contributed by atoms with Crippen molar-refractivity contribution < 1.29 is 9.59 Å². The van der Waals surface area contributed by atoms with E-state index in [1.54, 1.807) is 0 Å². The number of hydrogen-bond donors (Lipinski definition) is 2. The molecule has 1 aromatic heterocycles. The number of benzene rings is 1. The molecule has 2 N–H and O–H groups in total. The molecule has 24 heavy (non-hydrogen) atoms. The molecule has 3 aliphatic rings. The average molecular weight is 343 g/mol. The largest absolute Gasteiger partial charge is 0.347 e. The maximum absolute atomic E-state index is 12.6. The van der Waals surface area contributed by atoms with Crippen LogP contribution in [0.4, 0.5) is 5.69 Å². The van der Waals surface area contributed by atoms with Gasteiger partial charge >= 0.3 is 0 Å². The van der Waals surface area contributed by atoms with Gasteiger partial charge < -0.3 is 15.5 Å². The van der Waals surface area contributed by atoms with Crippen LogP contribution in [0.5, 0.6) is 0 Å². The monoisotopic (exact) mass is 343 g/mol. The molecule has 6 heteroatoms. The lowest BCUT2D eigenvalue weighted by Gasteiger charge is -2.44. The van der Waals surface area contributed by atoms with Gasteiger partial charge in [-0.25, -0.2) is 0 Å². The first-order chi connectivity index (χ1) is 11.6.